The number of anilines is 2. The molecule has 2 unspecified atom stereocenters. The van der Waals surface area contributed by atoms with E-state index in [9.17, 15) is 5.11 Å². The molecule has 0 aliphatic carbocycles. The number of aliphatic hydroxyl groups excluding tert-OH is 2. The lowest BCUT2D eigenvalue weighted by Crippen LogP contribution is -2.18. The molecule has 2 aromatic carbocycles. The maximum atomic E-state index is 9.45. The summed E-state index contributed by atoms with van der Waals surface area (Å²) < 4.78 is 0. The fourth-order valence-corrected chi connectivity index (χ4v) is 6.76. The van der Waals surface area contributed by atoms with Crippen LogP contribution in [0.5, 0.6) is 0 Å². The quantitative estimate of drug-likeness (QED) is 0.138. The Morgan fingerprint density at radius 1 is 1.07 bits per heavy atom. The Bertz CT molecular complexity index is 1000. The molecule has 0 aromatic heterocycles. The number of hydrogen-bond donors (Lipinski definition) is 4. The van der Waals surface area contributed by atoms with Crippen molar-refractivity contribution in [2.24, 2.45) is 5.92 Å². The van der Waals surface area contributed by atoms with Crippen LogP contribution in [0, 0.1) is 5.92 Å². The van der Waals surface area contributed by atoms with Crippen LogP contribution in [0.25, 0.3) is 0 Å². The number of unbranched alkanes of at least 4 members (excludes halogenated alkanes) is 3. The third-order valence-corrected chi connectivity index (χ3v) is 9.21. The summed E-state index contributed by atoms with van der Waals surface area (Å²) in [6.45, 7) is 6.53. The maximum absolute atomic E-state index is 9.45. The van der Waals surface area contributed by atoms with E-state index >= 15 is 0 Å². The molecule has 0 radical (unpaired) electrons. The number of fused-ring (bicyclic) bond motifs is 1. The molecule has 0 amide bonds. The van der Waals surface area contributed by atoms with Crippen molar-refractivity contribution in [3.8, 4) is 0 Å². The number of rotatable bonds is 18. The number of hydrogen-bond acceptors (Lipinski definition) is 6. The number of thioether (sulfide) groups is 1. The van der Waals surface area contributed by atoms with Crippen LogP contribution in [0.2, 0.25) is 0 Å². The van der Waals surface area contributed by atoms with E-state index < -0.39 is 6.10 Å². The number of nitrogens with zero attached hydrogens (tertiary/aromatic N) is 1. The lowest BCUT2D eigenvalue weighted by Gasteiger charge is -2.22. The number of para-hydroxylation sites is 1. The predicted molar refractivity (Wildman–Crippen MR) is 173 cm³/mol. The molecule has 5 nitrogen and oxygen atoms in total. The van der Waals surface area contributed by atoms with Crippen molar-refractivity contribution in [3.05, 3.63) is 66.0 Å². The molecule has 0 spiro atoms. The summed E-state index contributed by atoms with van der Waals surface area (Å²) in [6.07, 6.45) is 12.8. The fraction of sp³-hybridized carbons (Fsp3) is 0.588. The Labute approximate surface area is 247 Å². The molecule has 3 atom stereocenters. The van der Waals surface area contributed by atoms with Crippen LogP contribution < -0.4 is 15.5 Å². The summed E-state index contributed by atoms with van der Waals surface area (Å²) in [5, 5.41) is 25.6. The Hall–Kier alpha value is -1.99. The van der Waals surface area contributed by atoms with Crippen LogP contribution in [-0.2, 0) is 0 Å². The number of benzene rings is 2. The summed E-state index contributed by atoms with van der Waals surface area (Å²) in [6, 6.07) is 17.5. The van der Waals surface area contributed by atoms with Gasteiger partial charge in [0.05, 0.1) is 12.7 Å². The highest BCUT2D eigenvalue weighted by Crippen LogP contribution is 2.41. The highest BCUT2D eigenvalue weighted by Gasteiger charge is 2.22. The SMILES string of the molecule is CCCCC1CSc2ccc(N(C)C=C(CCCCNCCCCC(O)CO)Nc3ccccc3)cc2[C@@H](C)C1. The lowest BCUT2D eigenvalue weighted by atomic mass is 9.88. The molecule has 1 heterocycles. The van der Waals surface area contributed by atoms with Gasteiger partial charge in [0.25, 0.3) is 0 Å². The molecule has 40 heavy (non-hydrogen) atoms. The van der Waals surface area contributed by atoms with E-state index in [2.05, 4.69) is 103 Å². The molecule has 6 heteroatoms. The normalized spacial score (nSPS) is 18.2. The number of allylic oxidation sites excluding steroid dienone is 1. The van der Waals surface area contributed by atoms with Gasteiger partial charge in [-0.2, -0.15) is 0 Å². The molecule has 1 aliphatic heterocycles. The molecule has 1 aliphatic rings. The molecule has 0 saturated heterocycles. The summed E-state index contributed by atoms with van der Waals surface area (Å²) in [5.74, 6) is 2.67. The molecular weight excluding hydrogens is 514 g/mol. The van der Waals surface area contributed by atoms with Crippen LogP contribution >= 0.6 is 11.8 Å². The molecule has 222 valence electrons. The third kappa shape index (κ3) is 11.5. The van der Waals surface area contributed by atoms with Crippen molar-refractivity contribution in [3.63, 3.8) is 0 Å². The molecule has 0 fully saturated rings. The average molecular weight is 568 g/mol. The monoisotopic (exact) mass is 567 g/mol. The highest BCUT2D eigenvalue weighted by atomic mass is 32.2. The Balaban J connectivity index is 1.57. The van der Waals surface area contributed by atoms with E-state index in [-0.39, 0.29) is 6.61 Å². The largest absolute Gasteiger partial charge is 0.394 e. The minimum absolute atomic E-state index is 0.139. The van der Waals surface area contributed by atoms with Gasteiger partial charge < -0.3 is 25.7 Å². The van der Waals surface area contributed by atoms with E-state index in [0.717, 1.165) is 56.8 Å². The molecule has 2 aromatic rings. The number of aliphatic hydroxyl groups is 2. The third-order valence-electron chi connectivity index (χ3n) is 7.89. The second-order valence-corrected chi connectivity index (χ2v) is 12.5. The van der Waals surface area contributed by atoms with E-state index in [1.54, 1.807) is 0 Å². The minimum Gasteiger partial charge on any atom is -0.394 e. The van der Waals surface area contributed by atoms with Crippen molar-refractivity contribution < 1.29 is 10.2 Å². The average Bonchev–Trinajstić information content (AvgIpc) is 3.13. The first kappa shape index (κ1) is 32.5. The van der Waals surface area contributed by atoms with Crippen molar-refractivity contribution in [2.45, 2.75) is 95.0 Å². The summed E-state index contributed by atoms with van der Waals surface area (Å²) >= 11 is 2.06. The van der Waals surface area contributed by atoms with Crippen molar-refractivity contribution in [1.82, 2.24) is 5.32 Å². The van der Waals surface area contributed by atoms with Gasteiger partial charge >= 0.3 is 0 Å². The lowest BCUT2D eigenvalue weighted by molar-refractivity contribution is 0.0862. The topological polar surface area (TPSA) is 67.8 Å². The summed E-state index contributed by atoms with van der Waals surface area (Å²) in [7, 11) is 2.17. The van der Waals surface area contributed by atoms with Crippen LogP contribution in [0.3, 0.4) is 0 Å². The zero-order chi connectivity index (χ0) is 28.6. The van der Waals surface area contributed by atoms with E-state index in [4.69, 9.17) is 5.11 Å². The molecule has 0 bridgehead atoms. The Morgan fingerprint density at radius 2 is 1.85 bits per heavy atom. The fourth-order valence-electron chi connectivity index (χ4n) is 5.45. The summed E-state index contributed by atoms with van der Waals surface area (Å²) in [4.78, 5) is 3.74. The van der Waals surface area contributed by atoms with Gasteiger partial charge in [0.2, 0.25) is 0 Å². The van der Waals surface area contributed by atoms with Crippen molar-refractivity contribution in [2.75, 3.05) is 42.7 Å². The first-order chi connectivity index (χ1) is 19.5. The second kappa shape index (κ2) is 18.4. The van der Waals surface area contributed by atoms with E-state index in [1.165, 1.54) is 53.3 Å². The standard InChI is InChI=1S/C34H53N3O2S/c1-4-5-13-28-22-27(2)33-23-31(18-19-34(33)40-26-28)37(3)24-30(36-29-14-7-6-8-15-29)16-9-11-20-35-21-12-10-17-32(39)25-38/h6-8,14-15,18-19,23-24,27-28,32,35-36,38-39H,4-5,9-13,16-17,20-22,25-26H2,1-3H3/t27-,28?,32?/m0/s1. The van der Waals surface area contributed by atoms with Gasteiger partial charge in [0.15, 0.2) is 0 Å². The van der Waals surface area contributed by atoms with Gasteiger partial charge in [-0.15, -0.1) is 11.8 Å². The van der Waals surface area contributed by atoms with Gasteiger partial charge in [0, 0.05) is 41.0 Å². The van der Waals surface area contributed by atoms with Crippen LogP contribution in [0.4, 0.5) is 11.4 Å². The minimum atomic E-state index is -0.573. The van der Waals surface area contributed by atoms with Gasteiger partial charge in [-0.3, -0.25) is 0 Å². The zero-order valence-electron chi connectivity index (χ0n) is 25.1. The molecule has 3 rings (SSSR count). The smallest absolute Gasteiger partial charge is 0.0770 e. The first-order valence-corrected chi connectivity index (χ1v) is 16.5. The van der Waals surface area contributed by atoms with Crippen molar-refractivity contribution >= 4 is 23.1 Å². The Morgan fingerprint density at radius 3 is 2.60 bits per heavy atom. The van der Waals surface area contributed by atoms with Gasteiger partial charge in [-0.05, 0) is 112 Å². The van der Waals surface area contributed by atoms with Crippen LogP contribution in [0.1, 0.15) is 89.5 Å². The maximum Gasteiger partial charge on any atom is 0.0770 e. The van der Waals surface area contributed by atoms with E-state index in [0.29, 0.717) is 12.3 Å². The molecule has 4 N–H and O–H groups in total. The van der Waals surface area contributed by atoms with Gasteiger partial charge in [0.1, 0.15) is 0 Å². The van der Waals surface area contributed by atoms with Gasteiger partial charge in [-0.1, -0.05) is 44.9 Å². The van der Waals surface area contributed by atoms with E-state index in [1.807, 2.05) is 0 Å². The van der Waals surface area contributed by atoms with Gasteiger partial charge in [-0.25, -0.2) is 0 Å². The van der Waals surface area contributed by atoms with Crippen LogP contribution in [-0.4, -0.2) is 48.8 Å². The zero-order valence-corrected chi connectivity index (χ0v) is 25.9. The van der Waals surface area contributed by atoms with Crippen molar-refractivity contribution in [1.29, 1.82) is 0 Å². The summed E-state index contributed by atoms with van der Waals surface area (Å²) in [5.41, 5.74) is 5.11. The molecular formula is C34H53N3O2S. The number of nitrogens with one attached hydrogen (secondary N) is 2. The second-order valence-electron chi connectivity index (χ2n) is 11.5. The highest BCUT2D eigenvalue weighted by molar-refractivity contribution is 7.99. The molecule has 0 saturated carbocycles. The first-order valence-electron chi connectivity index (χ1n) is 15.5. The predicted octanol–water partition coefficient (Wildman–Crippen LogP) is 7.77. The van der Waals surface area contributed by atoms with Crippen LogP contribution in [0.15, 0.2) is 65.3 Å². The Kier molecular flexibility index (Phi) is 15.0.